The number of amides is 1. The van der Waals surface area contributed by atoms with E-state index >= 15 is 0 Å². The number of piperidine rings is 1. The van der Waals surface area contributed by atoms with Crippen molar-refractivity contribution in [2.45, 2.75) is 33.2 Å². The average molecular weight is 292 g/mol. The monoisotopic (exact) mass is 292 g/mol. The van der Waals surface area contributed by atoms with Gasteiger partial charge in [0.15, 0.2) is 0 Å². The smallest absolute Gasteiger partial charge is 0.223 e. The highest BCUT2D eigenvalue weighted by atomic mass is 19.1. The standard InChI is InChI=1S/C17H25FN2O/c1-13(2)11-19-17(21)15-7-9-20(10-8-15)12-14-3-5-16(18)6-4-14/h3-6,13,15H,7-12H2,1-2H3,(H,19,21). The van der Waals surface area contributed by atoms with E-state index < -0.39 is 0 Å². The quantitative estimate of drug-likeness (QED) is 0.905. The van der Waals surface area contributed by atoms with Gasteiger partial charge in [-0.15, -0.1) is 0 Å². The summed E-state index contributed by atoms with van der Waals surface area (Å²) in [5.74, 6) is 0.644. The van der Waals surface area contributed by atoms with E-state index in [1.54, 1.807) is 0 Å². The van der Waals surface area contributed by atoms with Gasteiger partial charge in [0, 0.05) is 19.0 Å². The van der Waals surface area contributed by atoms with E-state index in [2.05, 4.69) is 24.1 Å². The highest BCUT2D eigenvalue weighted by Gasteiger charge is 2.24. The second-order valence-electron chi connectivity index (χ2n) is 6.32. The van der Waals surface area contributed by atoms with Crippen LogP contribution < -0.4 is 5.32 Å². The molecule has 1 aliphatic heterocycles. The molecule has 1 amide bonds. The summed E-state index contributed by atoms with van der Waals surface area (Å²) in [6.07, 6.45) is 1.82. The number of nitrogens with one attached hydrogen (secondary N) is 1. The van der Waals surface area contributed by atoms with E-state index in [4.69, 9.17) is 0 Å². The average Bonchev–Trinajstić information content (AvgIpc) is 2.48. The third-order valence-corrected chi connectivity index (χ3v) is 3.96. The molecule has 3 nitrogen and oxygen atoms in total. The van der Waals surface area contributed by atoms with Gasteiger partial charge < -0.3 is 5.32 Å². The van der Waals surface area contributed by atoms with Crippen LogP contribution in [0.25, 0.3) is 0 Å². The fourth-order valence-corrected chi connectivity index (χ4v) is 2.65. The second kappa shape index (κ2) is 7.55. The second-order valence-corrected chi connectivity index (χ2v) is 6.32. The van der Waals surface area contributed by atoms with Crippen molar-refractivity contribution in [3.05, 3.63) is 35.6 Å². The summed E-state index contributed by atoms with van der Waals surface area (Å²) in [4.78, 5) is 14.4. The Morgan fingerprint density at radius 1 is 1.29 bits per heavy atom. The zero-order valence-corrected chi connectivity index (χ0v) is 12.9. The Bertz CT molecular complexity index is 450. The summed E-state index contributed by atoms with van der Waals surface area (Å²) >= 11 is 0. The lowest BCUT2D eigenvalue weighted by molar-refractivity contribution is -0.126. The first-order chi connectivity index (χ1) is 10.0. The Balaban J connectivity index is 1.75. The molecule has 0 aromatic heterocycles. The fraction of sp³-hybridized carbons (Fsp3) is 0.588. The maximum absolute atomic E-state index is 12.9. The fourth-order valence-electron chi connectivity index (χ4n) is 2.65. The van der Waals surface area contributed by atoms with E-state index in [1.165, 1.54) is 12.1 Å². The third-order valence-electron chi connectivity index (χ3n) is 3.96. The van der Waals surface area contributed by atoms with Crippen LogP contribution in [0, 0.1) is 17.7 Å². The minimum Gasteiger partial charge on any atom is -0.356 e. The van der Waals surface area contributed by atoms with Crippen LogP contribution in [0.1, 0.15) is 32.3 Å². The summed E-state index contributed by atoms with van der Waals surface area (Å²) in [7, 11) is 0. The Morgan fingerprint density at radius 3 is 2.48 bits per heavy atom. The van der Waals surface area contributed by atoms with Crippen LogP contribution in [0.2, 0.25) is 0 Å². The summed E-state index contributed by atoms with van der Waals surface area (Å²) in [5.41, 5.74) is 1.12. The van der Waals surface area contributed by atoms with Gasteiger partial charge in [0.05, 0.1) is 0 Å². The number of benzene rings is 1. The molecule has 0 atom stereocenters. The van der Waals surface area contributed by atoms with Crippen molar-refractivity contribution in [1.82, 2.24) is 10.2 Å². The number of hydrogen-bond donors (Lipinski definition) is 1. The molecule has 2 rings (SSSR count). The van der Waals surface area contributed by atoms with Gasteiger partial charge in [-0.3, -0.25) is 9.69 Å². The maximum Gasteiger partial charge on any atom is 0.223 e. The van der Waals surface area contributed by atoms with E-state index in [0.29, 0.717) is 5.92 Å². The van der Waals surface area contributed by atoms with Gasteiger partial charge in [-0.05, 0) is 49.5 Å². The molecule has 1 aromatic rings. The zero-order valence-electron chi connectivity index (χ0n) is 12.9. The summed E-state index contributed by atoms with van der Waals surface area (Å²) in [6, 6.07) is 6.66. The van der Waals surface area contributed by atoms with E-state index in [9.17, 15) is 9.18 Å². The van der Waals surface area contributed by atoms with Gasteiger partial charge in [0.1, 0.15) is 5.82 Å². The molecule has 1 heterocycles. The molecule has 0 bridgehead atoms. The van der Waals surface area contributed by atoms with Gasteiger partial charge in [-0.25, -0.2) is 4.39 Å². The van der Waals surface area contributed by atoms with Crippen LogP contribution in [0.4, 0.5) is 4.39 Å². The van der Waals surface area contributed by atoms with Gasteiger partial charge in [-0.1, -0.05) is 26.0 Å². The highest BCUT2D eigenvalue weighted by molar-refractivity contribution is 5.78. The minimum absolute atomic E-state index is 0.146. The molecular weight excluding hydrogens is 267 g/mol. The van der Waals surface area contributed by atoms with Crippen LogP contribution in [0.5, 0.6) is 0 Å². The van der Waals surface area contributed by atoms with Crippen LogP contribution in [-0.4, -0.2) is 30.4 Å². The predicted octanol–water partition coefficient (Wildman–Crippen LogP) is 2.81. The van der Waals surface area contributed by atoms with E-state index in [-0.39, 0.29) is 17.6 Å². The lowest BCUT2D eigenvalue weighted by Gasteiger charge is -2.31. The molecule has 0 spiro atoms. The topological polar surface area (TPSA) is 32.3 Å². The molecule has 1 saturated heterocycles. The van der Waals surface area contributed by atoms with Crippen molar-refractivity contribution in [1.29, 1.82) is 0 Å². The van der Waals surface area contributed by atoms with Crippen molar-refractivity contribution < 1.29 is 9.18 Å². The molecule has 1 aliphatic rings. The van der Waals surface area contributed by atoms with Crippen LogP contribution in [0.3, 0.4) is 0 Å². The molecule has 0 radical (unpaired) electrons. The first-order valence-corrected chi connectivity index (χ1v) is 7.79. The van der Waals surface area contributed by atoms with Crippen LogP contribution in [0.15, 0.2) is 24.3 Å². The Labute approximate surface area is 126 Å². The molecule has 0 unspecified atom stereocenters. The number of halogens is 1. The Morgan fingerprint density at radius 2 is 1.90 bits per heavy atom. The molecule has 0 saturated carbocycles. The third kappa shape index (κ3) is 5.12. The number of hydrogen-bond acceptors (Lipinski definition) is 2. The number of nitrogens with zero attached hydrogens (tertiary/aromatic N) is 1. The SMILES string of the molecule is CC(C)CNC(=O)C1CCN(Cc2ccc(F)cc2)CC1. The molecule has 1 fully saturated rings. The van der Waals surface area contributed by atoms with E-state index in [1.807, 2.05) is 12.1 Å². The first kappa shape index (κ1) is 16.0. The minimum atomic E-state index is -0.195. The normalized spacial score (nSPS) is 17.1. The van der Waals surface area contributed by atoms with Crippen LogP contribution in [-0.2, 0) is 11.3 Å². The van der Waals surface area contributed by atoms with Crippen molar-refractivity contribution in [3.63, 3.8) is 0 Å². The molecule has 1 N–H and O–H groups in total. The van der Waals surface area contributed by atoms with Crippen molar-refractivity contribution >= 4 is 5.91 Å². The Hall–Kier alpha value is -1.42. The van der Waals surface area contributed by atoms with Crippen molar-refractivity contribution in [2.75, 3.05) is 19.6 Å². The lowest BCUT2D eigenvalue weighted by Crippen LogP contribution is -2.41. The largest absolute Gasteiger partial charge is 0.356 e. The van der Waals surface area contributed by atoms with Gasteiger partial charge in [0.25, 0.3) is 0 Å². The van der Waals surface area contributed by atoms with Crippen LogP contribution >= 0.6 is 0 Å². The van der Waals surface area contributed by atoms with Gasteiger partial charge in [0.2, 0.25) is 5.91 Å². The summed E-state index contributed by atoms with van der Waals surface area (Å²) in [6.45, 7) is 7.65. The number of likely N-dealkylation sites (tertiary alicyclic amines) is 1. The molecule has 21 heavy (non-hydrogen) atoms. The molecule has 4 heteroatoms. The molecule has 116 valence electrons. The van der Waals surface area contributed by atoms with Crippen molar-refractivity contribution in [2.24, 2.45) is 11.8 Å². The lowest BCUT2D eigenvalue weighted by atomic mass is 9.95. The summed E-state index contributed by atoms with van der Waals surface area (Å²) < 4.78 is 12.9. The number of carbonyl (C=O) groups excluding carboxylic acids is 1. The van der Waals surface area contributed by atoms with Gasteiger partial charge >= 0.3 is 0 Å². The number of rotatable bonds is 5. The first-order valence-electron chi connectivity index (χ1n) is 7.79. The zero-order chi connectivity index (χ0) is 15.2. The maximum atomic E-state index is 12.9. The highest BCUT2D eigenvalue weighted by Crippen LogP contribution is 2.19. The van der Waals surface area contributed by atoms with Crippen molar-refractivity contribution in [3.8, 4) is 0 Å². The summed E-state index contributed by atoms with van der Waals surface area (Å²) in [5, 5.41) is 3.02. The number of carbonyl (C=O) groups is 1. The molecular formula is C17H25FN2O. The predicted molar refractivity (Wildman–Crippen MR) is 82.2 cm³/mol. The molecule has 1 aromatic carbocycles. The van der Waals surface area contributed by atoms with Gasteiger partial charge in [-0.2, -0.15) is 0 Å². The molecule has 0 aliphatic carbocycles. The van der Waals surface area contributed by atoms with E-state index in [0.717, 1.165) is 44.6 Å². The Kier molecular flexibility index (Phi) is 5.74.